The lowest BCUT2D eigenvalue weighted by molar-refractivity contribution is 0.0593. The SMILES string of the molecule is CCCCCCC(C)Nc1ccc(C(=O)OC)nn1. The van der Waals surface area contributed by atoms with Crippen LogP contribution in [0.1, 0.15) is 56.4 Å². The second-order valence-corrected chi connectivity index (χ2v) is 4.69. The largest absolute Gasteiger partial charge is 0.464 e. The normalized spacial score (nSPS) is 11.9. The van der Waals surface area contributed by atoms with Crippen LogP contribution in [0.25, 0.3) is 0 Å². The zero-order valence-electron chi connectivity index (χ0n) is 12.0. The molecule has 0 aliphatic carbocycles. The number of ether oxygens (including phenoxy) is 1. The Hall–Kier alpha value is -1.65. The van der Waals surface area contributed by atoms with Gasteiger partial charge in [0.1, 0.15) is 5.82 Å². The number of hydrogen-bond acceptors (Lipinski definition) is 5. The highest BCUT2D eigenvalue weighted by Gasteiger charge is 2.08. The van der Waals surface area contributed by atoms with Crippen molar-refractivity contribution in [3.63, 3.8) is 0 Å². The van der Waals surface area contributed by atoms with Crippen LogP contribution in [0.4, 0.5) is 5.82 Å². The molecule has 19 heavy (non-hydrogen) atoms. The van der Waals surface area contributed by atoms with E-state index in [0.29, 0.717) is 11.9 Å². The van der Waals surface area contributed by atoms with Gasteiger partial charge in [-0.1, -0.05) is 32.6 Å². The maximum Gasteiger partial charge on any atom is 0.358 e. The van der Waals surface area contributed by atoms with Gasteiger partial charge >= 0.3 is 5.97 Å². The number of methoxy groups -OCH3 is 1. The number of unbranched alkanes of at least 4 members (excludes halogenated alkanes) is 3. The number of carbonyl (C=O) groups is 1. The van der Waals surface area contributed by atoms with Gasteiger partial charge in [-0.15, -0.1) is 10.2 Å². The highest BCUT2D eigenvalue weighted by molar-refractivity contribution is 5.86. The Kier molecular flexibility index (Phi) is 6.85. The average molecular weight is 265 g/mol. The molecule has 1 heterocycles. The van der Waals surface area contributed by atoms with Crippen LogP contribution in [-0.4, -0.2) is 29.3 Å². The molecule has 1 rings (SSSR count). The molecule has 1 atom stereocenters. The third-order valence-electron chi connectivity index (χ3n) is 2.94. The van der Waals surface area contributed by atoms with E-state index in [9.17, 15) is 4.79 Å². The van der Waals surface area contributed by atoms with Gasteiger partial charge in [0.15, 0.2) is 5.69 Å². The molecule has 0 fully saturated rings. The first-order valence-electron chi connectivity index (χ1n) is 6.86. The summed E-state index contributed by atoms with van der Waals surface area (Å²) in [6.45, 7) is 4.34. The molecule has 1 aromatic heterocycles. The van der Waals surface area contributed by atoms with Crippen molar-refractivity contribution < 1.29 is 9.53 Å². The quantitative estimate of drug-likeness (QED) is 0.578. The molecular weight excluding hydrogens is 242 g/mol. The van der Waals surface area contributed by atoms with Crippen molar-refractivity contribution >= 4 is 11.8 Å². The lowest BCUT2D eigenvalue weighted by Crippen LogP contribution is -2.17. The fourth-order valence-corrected chi connectivity index (χ4v) is 1.82. The Bertz CT molecular complexity index is 379. The summed E-state index contributed by atoms with van der Waals surface area (Å²) in [4.78, 5) is 11.2. The van der Waals surface area contributed by atoms with Gasteiger partial charge in [0.05, 0.1) is 7.11 Å². The molecule has 0 aromatic carbocycles. The summed E-state index contributed by atoms with van der Waals surface area (Å²) in [6.07, 6.45) is 6.15. The van der Waals surface area contributed by atoms with Crippen LogP contribution < -0.4 is 5.32 Å². The Morgan fingerprint density at radius 1 is 1.32 bits per heavy atom. The molecule has 0 aliphatic heterocycles. The van der Waals surface area contributed by atoms with Gasteiger partial charge in [-0.3, -0.25) is 0 Å². The summed E-state index contributed by atoms with van der Waals surface area (Å²) in [7, 11) is 1.33. The topological polar surface area (TPSA) is 64.1 Å². The molecule has 0 aliphatic rings. The van der Waals surface area contributed by atoms with Gasteiger partial charge in [-0.25, -0.2) is 4.79 Å². The molecular formula is C14H23N3O2. The van der Waals surface area contributed by atoms with Gasteiger partial charge in [-0.2, -0.15) is 0 Å². The Morgan fingerprint density at radius 3 is 2.68 bits per heavy atom. The Labute approximate surface area is 114 Å². The van der Waals surface area contributed by atoms with E-state index in [1.54, 1.807) is 12.1 Å². The van der Waals surface area contributed by atoms with Crippen LogP contribution in [0, 0.1) is 0 Å². The van der Waals surface area contributed by atoms with Crippen molar-refractivity contribution in [1.82, 2.24) is 10.2 Å². The predicted octanol–water partition coefficient (Wildman–Crippen LogP) is 3.03. The number of esters is 1. The van der Waals surface area contributed by atoms with Gasteiger partial charge in [0.25, 0.3) is 0 Å². The molecule has 0 radical (unpaired) electrons. The van der Waals surface area contributed by atoms with Crippen molar-refractivity contribution in [2.75, 3.05) is 12.4 Å². The van der Waals surface area contributed by atoms with E-state index in [4.69, 9.17) is 0 Å². The molecule has 5 heteroatoms. The first-order chi connectivity index (χ1) is 9.17. The van der Waals surface area contributed by atoms with Crippen molar-refractivity contribution in [3.8, 4) is 0 Å². The minimum absolute atomic E-state index is 0.226. The third-order valence-corrected chi connectivity index (χ3v) is 2.94. The van der Waals surface area contributed by atoms with Crippen molar-refractivity contribution in [3.05, 3.63) is 17.8 Å². The fraction of sp³-hybridized carbons (Fsp3) is 0.643. The maximum atomic E-state index is 11.2. The highest BCUT2D eigenvalue weighted by Crippen LogP contribution is 2.10. The molecule has 1 aromatic rings. The summed E-state index contributed by atoms with van der Waals surface area (Å²) >= 11 is 0. The Balaban J connectivity index is 2.38. The smallest absolute Gasteiger partial charge is 0.358 e. The van der Waals surface area contributed by atoms with Crippen molar-refractivity contribution in [2.45, 2.75) is 52.0 Å². The second-order valence-electron chi connectivity index (χ2n) is 4.69. The molecule has 106 valence electrons. The number of carbonyl (C=O) groups excluding carboxylic acids is 1. The van der Waals surface area contributed by atoms with E-state index in [1.807, 2.05) is 0 Å². The van der Waals surface area contributed by atoms with Crippen LogP contribution >= 0.6 is 0 Å². The van der Waals surface area contributed by atoms with E-state index in [1.165, 1.54) is 32.8 Å². The van der Waals surface area contributed by atoms with Crippen LogP contribution in [0.15, 0.2) is 12.1 Å². The summed E-state index contributed by atoms with van der Waals surface area (Å²) < 4.78 is 4.57. The molecule has 0 spiro atoms. The van der Waals surface area contributed by atoms with Gasteiger partial charge in [0.2, 0.25) is 0 Å². The van der Waals surface area contributed by atoms with E-state index >= 15 is 0 Å². The summed E-state index contributed by atoms with van der Waals surface area (Å²) in [6, 6.07) is 3.72. The molecule has 0 bridgehead atoms. The average Bonchev–Trinajstić information content (AvgIpc) is 2.43. The number of nitrogens with zero attached hydrogens (tertiary/aromatic N) is 2. The molecule has 1 unspecified atom stereocenters. The maximum absolute atomic E-state index is 11.2. The summed E-state index contributed by atoms with van der Waals surface area (Å²) in [5, 5.41) is 11.1. The van der Waals surface area contributed by atoms with E-state index in [-0.39, 0.29) is 5.69 Å². The summed E-state index contributed by atoms with van der Waals surface area (Å²) in [5.41, 5.74) is 0.226. The van der Waals surface area contributed by atoms with E-state index < -0.39 is 5.97 Å². The molecule has 0 amide bonds. The van der Waals surface area contributed by atoms with Crippen LogP contribution in [-0.2, 0) is 4.74 Å². The van der Waals surface area contributed by atoms with Gasteiger partial charge in [-0.05, 0) is 25.5 Å². The highest BCUT2D eigenvalue weighted by atomic mass is 16.5. The molecule has 1 N–H and O–H groups in total. The van der Waals surface area contributed by atoms with Crippen molar-refractivity contribution in [1.29, 1.82) is 0 Å². The lowest BCUT2D eigenvalue weighted by Gasteiger charge is -2.13. The minimum Gasteiger partial charge on any atom is -0.464 e. The number of nitrogens with one attached hydrogen (secondary N) is 1. The van der Waals surface area contributed by atoms with Crippen LogP contribution in [0.2, 0.25) is 0 Å². The first-order valence-corrected chi connectivity index (χ1v) is 6.86. The Morgan fingerprint density at radius 2 is 2.11 bits per heavy atom. The fourth-order valence-electron chi connectivity index (χ4n) is 1.82. The van der Waals surface area contributed by atoms with E-state index in [2.05, 4.69) is 34.1 Å². The third kappa shape index (κ3) is 5.68. The number of anilines is 1. The molecule has 5 nitrogen and oxygen atoms in total. The molecule has 0 saturated heterocycles. The standard InChI is InChI=1S/C14H23N3O2/c1-4-5-6-7-8-11(2)15-13-10-9-12(16-17-13)14(18)19-3/h9-11H,4-8H2,1-3H3,(H,15,17). The second kappa shape index (κ2) is 8.45. The number of rotatable bonds is 8. The summed E-state index contributed by atoms with van der Waals surface area (Å²) in [5.74, 6) is 0.224. The van der Waals surface area contributed by atoms with Crippen molar-refractivity contribution in [2.24, 2.45) is 0 Å². The molecule has 0 saturated carbocycles. The monoisotopic (exact) mass is 265 g/mol. The van der Waals surface area contributed by atoms with Crippen LogP contribution in [0.3, 0.4) is 0 Å². The zero-order chi connectivity index (χ0) is 14.1. The zero-order valence-corrected chi connectivity index (χ0v) is 12.0. The lowest BCUT2D eigenvalue weighted by atomic mass is 10.1. The predicted molar refractivity (Wildman–Crippen MR) is 75.2 cm³/mol. The number of aromatic nitrogens is 2. The van der Waals surface area contributed by atoms with Crippen LogP contribution in [0.5, 0.6) is 0 Å². The number of hydrogen-bond donors (Lipinski definition) is 1. The first kappa shape index (κ1) is 15.4. The van der Waals surface area contributed by atoms with Gasteiger partial charge < -0.3 is 10.1 Å². The minimum atomic E-state index is -0.466. The van der Waals surface area contributed by atoms with Gasteiger partial charge in [0, 0.05) is 6.04 Å². The van der Waals surface area contributed by atoms with E-state index in [0.717, 1.165) is 6.42 Å².